The molecule has 0 radical (unpaired) electrons. The molecule has 1 aliphatic heterocycles. The Labute approximate surface area is 126 Å². The average Bonchev–Trinajstić information content (AvgIpc) is 3.08. The number of ether oxygens (including phenoxy) is 2. The summed E-state index contributed by atoms with van der Waals surface area (Å²) < 4.78 is 11.0. The number of nitrogens with zero attached hydrogens (tertiary/aromatic N) is 1. The van der Waals surface area contributed by atoms with Crippen LogP contribution in [0.25, 0.3) is 0 Å². The molecule has 2 aliphatic rings. The monoisotopic (exact) mass is 289 g/mol. The van der Waals surface area contributed by atoms with Crippen molar-refractivity contribution < 1.29 is 14.3 Å². The van der Waals surface area contributed by atoms with E-state index in [2.05, 4.69) is 0 Å². The minimum atomic E-state index is -0.218. The molecule has 1 amide bonds. The summed E-state index contributed by atoms with van der Waals surface area (Å²) in [6.07, 6.45) is 5.06. The Kier molecular flexibility index (Phi) is 4.32. The van der Waals surface area contributed by atoms with Crippen molar-refractivity contribution in [2.75, 3.05) is 13.2 Å². The Morgan fingerprint density at radius 3 is 2.57 bits per heavy atom. The molecular weight excluding hydrogens is 266 g/mol. The Balaban J connectivity index is 1.50. The Bertz CT molecular complexity index is 479. The van der Waals surface area contributed by atoms with Crippen LogP contribution >= 0.6 is 0 Å². The molecular formula is C17H23NO3. The van der Waals surface area contributed by atoms with E-state index in [1.807, 2.05) is 31.2 Å². The molecule has 114 valence electrons. The smallest absolute Gasteiger partial charge is 0.410 e. The fourth-order valence-electron chi connectivity index (χ4n) is 3.10. The molecule has 1 atom stereocenters. The van der Waals surface area contributed by atoms with Crippen LogP contribution in [0.4, 0.5) is 4.79 Å². The van der Waals surface area contributed by atoms with Gasteiger partial charge < -0.3 is 14.4 Å². The van der Waals surface area contributed by atoms with Gasteiger partial charge in [0.25, 0.3) is 0 Å². The van der Waals surface area contributed by atoms with E-state index in [4.69, 9.17) is 9.47 Å². The number of amides is 1. The van der Waals surface area contributed by atoms with Crippen molar-refractivity contribution in [3.63, 3.8) is 0 Å². The molecule has 1 aromatic rings. The number of hydrogen-bond donors (Lipinski definition) is 0. The van der Waals surface area contributed by atoms with Crippen LogP contribution in [0.5, 0.6) is 5.75 Å². The molecule has 2 fully saturated rings. The minimum Gasteiger partial charge on any atom is -0.493 e. The van der Waals surface area contributed by atoms with Gasteiger partial charge in [0.2, 0.25) is 0 Å². The molecule has 0 bridgehead atoms. The quantitative estimate of drug-likeness (QED) is 0.831. The third-order valence-corrected chi connectivity index (χ3v) is 4.29. The third-order valence-electron chi connectivity index (χ3n) is 4.29. The zero-order valence-corrected chi connectivity index (χ0v) is 12.6. The van der Waals surface area contributed by atoms with Gasteiger partial charge in [-0.1, -0.05) is 25.0 Å². The Morgan fingerprint density at radius 2 is 1.95 bits per heavy atom. The fraction of sp³-hybridized carbons (Fsp3) is 0.588. The summed E-state index contributed by atoms with van der Waals surface area (Å²) in [5, 5.41) is 0. The van der Waals surface area contributed by atoms with Crippen molar-refractivity contribution in [1.82, 2.24) is 4.90 Å². The summed E-state index contributed by atoms with van der Waals surface area (Å²) in [5.74, 6) is 1.65. The van der Waals surface area contributed by atoms with E-state index in [1.165, 1.54) is 25.7 Å². The zero-order chi connectivity index (χ0) is 14.7. The molecule has 3 rings (SSSR count). The molecule has 0 aromatic heterocycles. The summed E-state index contributed by atoms with van der Waals surface area (Å²) in [7, 11) is 0. The second kappa shape index (κ2) is 6.37. The van der Waals surface area contributed by atoms with Gasteiger partial charge in [-0.2, -0.15) is 0 Å². The predicted molar refractivity (Wildman–Crippen MR) is 80.2 cm³/mol. The number of hydrogen-bond acceptors (Lipinski definition) is 3. The van der Waals surface area contributed by atoms with Crippen molar-refractivity contribution in [3.8, 4) is 5.75 Å². The lowest BCUT2D eigenvalue weighted by Crippen LogP contribution is -2.24. The van der Waals surface area contributed by atoms with Gasteiger partial charge in [0.15, 0.2) is 0 Å². The highest BCUT2D eigenvalue weighted by Crippen LogP contribution is 2.26. The molecule has 1 unspecified atom stereocenters. The highest BCUT2D eigenvalue weighted by molar-refractivity contribution is 5.69. The SMILES string of the molecule is CC1CN(Cc2ccc(OCC3CCCC3)cc2)C(=O)O1. The van der Waals surface area contributed by atoms with Crippen LogP contribution in [0, 0.1) is 5.92 Å². The van der Waals surface area contributed by atoms with Gasteiger partial charge in [0, 0.05) is 6.54 Å². The van der Waals surface area contributed by atoms with Crippen LogP contribution in [0.3, 0.4) is 0 Å². The maximum absolute atomic E-state index is 11.6. The molecule has 1 heterocycles. The summed E-state index contributed by atoms with van der Waals surface area (Å²) in [6.45, 7) is 4.01. The zero-order valence-electron chi connectivity index (χ0n) is 12.6. The summed E-state index contributed by atoms with van der Waals surface area (Å²) >= 11 is 0. The van der Waals surface area contributed by atoms with Gasteiger partial charge in [0.05, 0.1) is 13.2 Å². The summed E-state index contributed by atoms with van der Waals surface area (Å²) in [4.78, 5) is 13.3. The van der Waals surface area contributed by atoms with E-state index in [9.17, 15) is 4.79 Å². The molecule has 4 heteroatoms. The molecule has 4 nitrogen and oxygen atoms in total. The van der Waals surface area contributed by atoms with E-state index in [1.54, 1.807) is 4.90 Å². The standard InChI is InChI=1S/C17H23NO3/c1-13-10-18(17(19)21-13)11-14-6-8-16(9-7-14)20-12-15-4-2-3-5-15/h6-9,13,15H,2-5,10-12H2,1H3. The fourth-order valence-corrected chi connectivity index (χ4v) is 3.10. The number of carbonyl (C=O) groups excluding carboxylic acids is 1. The second-order valence-corrected chi connectivity index (χ2v) is 6.18. The van der Waals surface area contributed by atoms with Crippen LogP contribution in [-0.4, -0.2) is 30.2 Å². The first kappa shape index (κ1) is 14.2. The highest BCUT2D eigenvalue weighted by Gasteiger charge is 2.27. The van der Waals surface area contributed by atoms with Gasteiger partial charge in [-0.05, 0) is 43.4 Å². The van der Waals surface area contributed by atoms with Crippen molar-refractivity contribution in [3.05, 3.63) is 29.8 Å². The third kappa shape index (κ3) is 3.69. The van der Waals surface area contributed by atoms with Gasteiger partial charge in [-0.15, -0.1) is 0 Å². The van der Waals surface area contributed by atoms with Crippen molar-refractivity contribution in [2.24, 2.45) is 5.92 Å². The van der Waals surface area contributed by atoms with E-state index >= 15 is 0 Å². The number of benzene rings is 1. The lowest BCUT2D eigenvalue weighted by atomic mass is 10.1. The van der Waals surface area contributed by atoms with Gasteiger partial charge in [0.1, 0.15) is 11.9 Å². The average molecular weight is 289 g/mol. The summed E-state index contributed by atoms with van der Waals surface area (Å²) in [5.41, 5.74) is 1.11. The minimum absolute atomic E-state index is 0.00785. The maximum Gasteiger partial charge on any atom is 0.410 e. The lowest BCUT2D eigenvalue weighted by molar-refractivity contribution is 0.137. The van der Waals surface area contributed by atoms with Crippen LogP contribution < -0.4 is 4.74 Å². The second-order valence-electron chi connectivity index (χ2n) is 6.18. The molecule has 1 saturated heterocycles. The van der Waals surface area contributed by atoms with Gasteiger partial charge in [-0.25, -0.2) is 4.79 Å². The van der Waals surface area contributed by atoms with Crippen molar-refractivity contribution >= 4 is 6.09 Å². The van der Waals surface area contributed by atoms with Crippen LogP contribution in [-0.2, 0) is 11.3 Å². The van der Waals surface area contributed by atoms with Crippen molar-refractivity contribution in [1.29, 1.82) is 0 Å². The first-order valence-electron chi connectivity index (χ1n) is 7.88. The van der Waals surface area contributed by atoms with E-state index in [0.717, 1.165) is 23.8 Å². The molecule has 1 saturated carbocycles. The van der Waals surface area contributed by atoms with Crippen LogP contribution in [0.1, 0.15) is 38.2 Å². The van der Waals surface area contributed by atoms with Crippen molar-refractivity contribution in [2.45, 2.75) is 45.3 Å². The Morgan fingerprint density at radius 1 is 1.24 bits per heavy atom. The first-order chi connectivity index (χ1) is 10.2. The maximum atomic E-state index is 11.6. The molecule has 1 aliphatic carbocycles. The largest absolute Gasteiger partial charge is 0.493 e. The van der Waals surface area contributed by atoms with Crippen LogP contribution in [0.2, 0.25) is 0 Å². The number of rotatable bonds is 5. The van der Waals surface area contributed by atoms with Gasteiger partial charge in [-0.3, -0.25) is 0 Å². The first-order valence-corrected chi connectivity index (χ1v) is 7.88. The predicted octanol–water partition coefficient (Wildman–Crippen LogP) is 3.60. The van der Waals surface area contributed by atoms with E-state index in [0.29, 0.717) is 13.1 Å². The number of cyclic esters (lactones) is 1. The normalized spacial score (nSPS) is 22.6. The topological polar surface area (TPSA) is 38.8 Å². The summed E-state index contributed by atoms with van der Waals surface area (Å²) in [6, 6.07) is 8.05. The van der Waals surface area contributed by atoms with Gasteiger partial charge >= 0.3 is 6.09 Å². The Hall–Kier alpha value is -1.71. The van der Waals surface area contributed by atoms with E-state index < -0.39 is 0 Å². The molecule has 0 N–H and O–H groups in total. The molecule has 21 heavy (non-hydrogen) atoms. The van der Waals surface area contributed by atoms with Crippen LogP contribution in [0.15, 0.2) is 24.3 Å². The highest BCUT2D eigenvalue weighted by atomic mass is 16.6. The molecule has 1 aromatic carbocycles. The lowest BCUT2D eigenvalue weighted by Gasteiger charge is -2.14. The van der Waals surface area contributed by atoms with E-state index in [-0.39, 0.29) is 12.2 Å². The number of carbonyl (C=O) groups is 1. The molecule has 0 spiro atoms.